The Morgan fingerprint density at radius 2 is 1.75 bits per heavy atom. The quantitative estimate of drug-likeness (QED) is 0.741. The molecule has 2 fully saturated rings. The van der Waals surface area contributed by atoms with Gasteiger partial charge >= 0.3 is 6.03 Å². The number of fused-ring (bicyclic) bond motifs is 1. The number of nitrogens with one attached hydrogen (secondary N) is 1. The van der Waals surface area contributed by atoms with Gasteiger partial charge in [-0.3, -0.25) is 9.69 Å². The molecule has 1 spiro atoms. The van der Waals surface area contributed by atoms with Gasteiger partial charge in [0.2, 0.25) is 5.95 Å². The second kappa shape index (κ2) is 6.39. The van der Waals surface area contributed by atoms with Crippen molar-refractivity contribution in [3.8, 4) is 11.5 Å². The van der Waals surface area contributed by atoms with E-state index in [0.717, 1.165) is 4.90 Å². The molecule has 3 N–H and O–H groups in total. The zero-order valence-electron chi connectivity index (χ0n) is 16.0. The maximum Gasteiger partial charge on any atom is 0.324 e. The molecule has 2 aliphatic heterocycles. The lowest BCUT2D eigenvalue weighted by Crippen LogP contribution is -2.55. The van der Waals surface area contributed by atoms with Gasteiger partial charge in [0.15, 0.2) is 11.5 Å². The number of rotatable bonds is 3. The van der Waals surface area contributed by atoms with Crippen molar-refractivity contribution >= 4 is 34.6 Å². The van der Waals surface area contributed by atoms with Crippen LogP contribution in [0, 0.1) is 0 Å². The Morgan fingerprint density at radius 3 is 2.32 bits per heavy atom. The average Bonchev–Trinajstić information content (AvgIpc) is 2.91. The van der Waals surface area contributed by atoms with Crippen molar-refractivity contribution in [2.75, 3.05) is 45.0 Å². The predicted octanol–water partition coefficient (Wildman–Crippen LogP) is 0.750. The minimum absolute atomic E-state index is 0.187. The maximum atomic E-state index is 12.4. The third-order valence-electron chi connectivity index (χ3n) is 5.48. The fourth-order valence-corrected chi connectivity index (χ4v) is 3.79. The second-order valence-electron chi connectivity index (χ2n) is 7.00. The van der Waals surface area contributed by atoms with Crippen LogP contribution in [-0.4, -0.2) is 66.7 Å². The molecular weight excluding hydrogens is 364 g/mol. The number of imide groups is 1. The van der Waals surface area contributed by atoms with E-state index in [1.165, 1.54) is 7.05 Å². The average molecular weight is 386 g/mol. The molecule has 0 bridgehead atoms. The molecule has 0 radical (unpaired) electrons. The molecule has 10 heteroatoms. The molecule has 3 heterocycles. The molecule has 4 rings (SSSR count). The van der Waals surface area contributed by atoms with Crippen LogP contribution in [-0.2, 0) is 4.79 Å². The van der Waals surface area contributed by atoms with Crippen LogP contribution in [0.1, 0.15) is 12.8 Å². The number of nitrogen functional groups attached to an aromatic ring is 1. The summed E-state index contributed by atoms with van der Waals surface area (Å²) in [5.41, 5.74) is 5.97. The smallest absolute Gasteiger partial charge is 0.324 e. The second-order valence-corrected chi connectivity index (χ2v) is 7.00. The van der Waals surface area contributed by atoms with Crippen LogP contribution in [0.15, 0.2) is 12.1 Å². The van der Waals surface area contributed by atoms with E-state index in [0.29, 0.717) is 60.1 Å². The lowest BCUT2D eigenvalue weighted by Gasteiger charge is -2.37. The van der Waals surface area contributed by atoms with Crippen LogP contribution in [0.2, 0.25) is 0 Å². The summed E-state index contributed by atoms with van der Waals surface area (Å²) in [5.74, 6) is 1.74. The van der Waals surface area contributed by atoms with E-state index in [2.05, 4.69) is 15.3 Å². The number of anilines is 2. The first-order valence-corrected chi connectivity index (χ1v) is 8.93. The third-order valence-corrected chi connectivity index (χ3v) is 5.48. The number of hydrogen-bond donors (Lipinski definition) is 2. The standard InChI is InChI=1S/C18H22N6O4/c1-23-15(25)18(22-17(23)26)4-6-24(7-5-18)16-20-11-9-13(28-3)12(27-2)8-10(11)14(19)21-16/h8-9H,4-7H2,1-3H3,(H,22,26)(H2,19,20,21). The SMILES string of the molecule is COc1cc2nc(N3CCC4(CC3)NC(=O)N(C)C4=O)nc(N)c2cc1OC. The zero-order valence-corrected chi connectivity index (χ0v) is 16.0. The van der Waals surface area contributed by atoms with Gasteiger partial charge in [0.05, 0.1) is 19.7 Å². The van der Waals surface area contributed by atoms with Crippen molar-refractivity contribution in [2.45, 2.75) is 18.4 Å². The molecule has 2 saturated heterocycles. The van der Waals surface area contributed by atoms with Gasteiger partial charge in [0, 0.05) is 31.6 Å². The molecule has 0 atom stereocenters. The number of benzene rings is 1. The minimum atomic E-state index is -0.832. The molecule has 2 aliphatic rings. The van der Waals surface area contributed by atoms with Crippen LogP contribution < -0.4 is 25.4 Å². The van der Waals surface area contributed by atoms with Crippen LogP contribution in [0.25, 0.3) is 10.9 Å². The van der Waals surface area contributed by atoms with Gasteiger partial charge < -0.3 is 25.4 Å². The zero-order chi connectivity index (χ0) is 20.1. The molecular formula is C18H22N6O4. The van der Waals surface area contributed by atoms with Crippen LogP contribution in [0.5, 0.6) is 11.5 Å². The Kier molecular flexibility index (Phi) is 4.13. The molecule has 10 nitrogen and oxygen atoms in total. The lowest BCUT2D eigenvalue weighted by molar-refractivity contribution is -0.131. The van der Waals surface area contributed by atoms with E-state index in [4.69, 9.17) is 15.2 Å². The molecule has 1 aromatic carbocycles. The summed E-state index contributed by atoms with van der Waals surface area (Å²) >= 11 is 0. The normalized spacial score (nSPS) is 18.7. The van der Waals surface area contributed by atoms with E-state index in [-0.39, 0.29) is 11.9 Å². The van der Waals surface area contributed by atoms with E-state index < -0.39 is 5.54 Å². The Bertz CT molecular complexity index is 970. The lowest BCUT2D eigenvalue weighted by atomic mass is 9.87. The van der Waals surface area contributed by atoms with E-state index in [1.54, 1.807) is 26.4 Å². The maximum absolute atomic E-state index is 12.4. The fraction of sp³-hybridized carbons (Fsp3) is 0.444. The van der Waals surface area contributed by atoms with Gasteiger partial charge in [-0.25, -0.2) is 9.78 Å². The number of carbonyl (C=O) groups is 2. The topological polar surface area (TPSA) is 123 Å². The summed E-state index contributed by atoms with van der Waals surface area (Å²) in [6.45, 7) is 1.05. The number of piperidine rings is 1. The predicted molar refractivity (Wildman–Crippen MR) is 103 cm³/mol. The first kappa shape index (κ1) is 18.1. The summed E-state index contributed by atoms with van der Waals surface area (Å²) in [4.78, 5) is 36.4. The highest BCUT2D eigenvalue weighted by molar-refractivity contribution is 6.06. The summed E-state index contributed by atoms with van der Waals surface area (Å²) in [5, 5.41) is 3.50. The van der Waals surface area contributed by atoms with E-state index in [1.807, 2.05) is 4.90 Å². The number of ether oxygens (including phenoxy) is 2. The van der Waals surface area contributed by atoms with Crippen molar-refractivity contribution in [3.63, 3.8) is 0 Å². The van der Waals surface area contributed by atoms with Crippen LogP contribution in [0.3, 0.4) is 0 Å². The van der Waals surface area contributed by atoms with Crippen molar-refractivity contribution in [3.05, 3.63) is 12.1 Å². The Morgan fingerprint density at radius 1 is 1.11 bits per heavy atom. The first-order valence-electron chi connectivity index (χ1n) is 8.93. The number of amides is 3. The molecule has 3 amide bonds. The Balaban J connectivity index is 1.62. The van der Waals surface area contributed by atoms with Gasteiger partial charge in [-0.05, 0) is 18.9 Å². The molecule has 28 heavy (non-hydrogen) atoms. The number of urea groups is 1. The monoisotopic (exact) mass is 386 g/mol. The largest absolute Gasteiger partial charge is 0.493 e. The third kappa shape index (κ3) is 2.63. The number of aromatic nitrogens is 2. The Labute approximate surface area is 161 Å². The molecule has 2 aromatic rings. The molecule has 0 aliphatic carbocycles. The first-order chi connectivity index (χ1) is 13.4. The van der Waals surface area contributed by atoms with Gasteiger partial charge in [-0.15, -0.1) is 0 Å². The van der Waals surface area contributed by atoms with Crippen LogP contribution >= 0.6 is 0 Å². The highest BCUT2D eigenvalue weighted by atomic mass is 16.5. The molecule has 0 saturated carbocycles. The number of nitrogens with two attached hydrogens (primary N) is 1. The number of likely N-dealkylation sites (N-methyl/N-ethyl adjacent to an activating group) is 1. The molecule has 0 unspecified atom stereocenters. The van der Waals surface area contributed by atoms with Crippen molar-refractivity contribution in [1.29, 1.82) is 0 Å². The minimum Gasteiger partial charge on any atom is -0.493 e. The number of nitrogens with zero attached hydrogens (tertiary/aromatic N) is 4. The van der Waals surface area contributed by atoms with Crippen molar-refractivity contribution in [2.24, 2.45) is 0 Å². The van der Waals surface area contributed by atoms with Gasteiger partial charge in [-0.1, -0.05) is 0 Å². The highest BCUT2D eigenvalue weighted by Gasteiger charge is 2.51. The summed E-state index contributed by atoms with van der Waals surface area (Å²) in [6, 6.07) is 3.16. The number of methoxy groups -OCH3 is 2. The number of hydrogen-bond acceptors (Lipinski definition) is 8. The Hall–Kier alpha value is -3.30. The van der Waals surface area contributed by atoms with Crippen LogP contribution in [0.4, 0.5) is 16.6 Å². The summed E-state index contributed by atoms with van der Waals surface area (Å²) < 4.78 is 10.7. The fourth-order valence-electron chi connectivity index (χ4n) is 3.79. The van der Waals surface area contributed by atoms with Crippen molar-refractivity contribution < 1.29 is 19.1 Å². The summed E-state index contributed by atoms with van der Waals surface area (Å²) in [6.07, 6.45) is 0.963. The number of carbonyl (C=O) groups excluding carboxylic acids is 2. The summed E-state index contributed by atoms with van der Waals surface area (Å²) in [7, 11) is 4.61. The van der Waals surface area contributed by atoms with Gasteiger partial charge in [0.1, 0.15) is 11.4 Å². The van der Waals surface area contributed by atoms with E-state index >= 15 is 0 Å². The highest BCUT2D eigenvalue weighted by Crippen LogP contribution is 2.35. The van der Waals surface area contributed by atoms with Gasteiger partial charge in [-0.2, -0.15) is 4.98 Å². The van der Waals surface area contributed by atoms with E-state index in [9.17, 15) is 9.59 Å². The van der Waals surface area contributed by atoms with Crippen molar-refractivity contribution in [1.82, 2.24) is 20.2 Å². The molecule has 1 aromatic heterocycles. The van der Waals surface area contributed by atoms with Gasteiger partial charge in [0.25, 0.3) is 5.91 Å². The molecule has 148 valence electrons.